The van der Waals surface area contributed by atoms with Gasteiger partial charge in [0.15, 0.2) is 0 Å². The second-order valence-corrected chi connectivity index (χ2v) is 2.82. The van der Waals surface area contributed by atoms with E-state index in [1.165, 1.54) is 0 Å². The van der Waals surface area contributed by atoms with Gasteiger partial charge in [0.2, 0.25) is 5.91 Å². The van der Waals surface area contributed by atoms with E-state index in [-0.39, 0.29) is 11.8 Å². The highest BCUT2D eigenvalue weighted by Crippen LogP contribution is 2.31. The molecule has 0 unspecified atom stereocenters. The zero-order valence-electron chi connectivity index (χ0n) is 6.62. The summed E-state index contributed by atoms with van der Waals surface area (Å²) in [5.41, 5.74) is 0. The molecule has 11 heavy (non-hydrogen) atoms. The Morgan fingerprint density at radius 2 is 2.27 bits per heavy atom. The van der Waals surface area contributed by atoms with Gasteiger partial charge in [-0.2, -0.15) is 5.01 Å². The predicted octanol–water partition coefficient (Wildman–Crippen LogP) is 1.32. The first-order chi connectivity index (χ1) is 5.29. The van der Waals surface area contributed by atoms with Gasteiger partial charge >= 0.3 is 0 Å². The van der Waals surface area contributed by atoms with Gasteiger partial charge in [0.25, 0.3) is 0 Å². The smallest absolute Gasteiger partial charge is 0.248 e. The molecule has 1 rings (SSSR count). The third-order valence-corrected chi connectivity index (χ3v) is 1.71. The molecule has 1 saturated carbocycles. The normalized spacial score (nSPS) is 16.1. The van der Waals surface area contributed by atoms with E-state index in [2.05, 4.69) is 5.29 Å². The Morgan fingerprint density at radius 3 is 2.64 bits per heavy atom. The van der Waals surface area contributed by atoms with Crippen molar-refractivity contribution in [2.75, 3.05) is 6.54 Å². The molecule has 0 spiro atoms. The quantitative estimate of drug-likeness (QED) is 0.455. The number of hydrogen-bond acceptors (Lipinski definition) is 3. The summed E-state index contributed by atoms with van der Waals surface area (Å²) in [6.07, 6.45) is 2.63. The Hall–Kier alpha value is -0.930. The molecule has 62 valence electrons. The summed E-state index contributed by atoms with van der Waals surface area (Å²) >= 11 is 0. The topological polar surface area (TPSA) is 49.7 Å². The molecule has 1 amide bonds. The highest BCUT2D eigenvalue weighted by atomic mass is 16.3. The van der Waals surface area contributed by atoms with Gasteiger partial charge in [0, 0.05) is 12.5 Å². The van der Waals surface area contributed by atoms with Crippen LogP contribution in [0, 0.1) is 10.8 Å². The average Bonchev–Trinajstić information content (AvgIpc) is 2.81. The maximum absolute atomic E-state index is 11.2. The molecule has 0 aromatic carbocycles. The SMILES string of the molecule is CCCN(N=O)C(=O)C1CC1. The Labute approximate surface area is 65.5 Å². The van der Waals surface area contributed by atoms with E-state index in [1.54, 1.807) is 0 Å². The minimum Gasteiger partial charge on any atom is -0.273 e. The first-order valence-electron chi connectivity index (χ1n) is 3.94. The second kappa shape index (κ2) is 3.46. The molecule has 0 heterocycles. The number of carbonyl (C=O) groups is 1. The zero-order valence-corrected chi connectivity index (χ0v) is 6.62. The fourth-order valence-corrected chi connectivity index (χ4v) is 0.944. The van der Waals surface area contributed by atoms with Gasteiger partial charge in [-0.1, -0.05) is 6.92 Å². The maximum atomic E-state index is 11.2. The molecule has 0 N–H and O–H groups in total. The number of nitrogens with zero attached hydrogens (tertiary/aromatic N) is 2. The lowest BCUT2D eigenvalue weighted by molar-refractivity contribution is -0.132. The first-order valence-corrected chi connectivity index (χ1v) is 3.94. The van der Waals surface area contributed by atoms with Crippen molar-refractivity contribution in [3.05, 3.63) is 4.91 Å². The van der Waals surface area contributed by atoms with E-state index in [0.717, 1.165) is 24.3 Å². The van der Waals surface area contributed by atoms with Crippen LogP contribution in [0.15, 0.2) is 5.29 Å². The Balaban J connectivity index is 2.38. The fraction of sp³-hybridized carbons (Fsp3) is 0.857. The molecule has 4 nitrogen and oxygen atoms in total. The summed E-state index contributed by atoms with van der Waals surface area (Å²) in [4.78, 5) is 21.3. The highest BCUT2D eigenvalue weighted by molar-refractivity contribution is 5.80. The summed E-state index contributed by atoms with van der Waals surface area (Å²) in [5, 5.41) is 3.71. The van der Waals surface area contributed by atoms with Crippen LogP contribution < -0.4 is 0 Å². The summed E-state index contributed by atoms with van der Waals surface area (Å²) in [6.45, 7) is 2.37. The maximum Gasteiger partial charge on any atom is 0.248 e. The Bertz CT molecular complexity index is 166. The van der Waals surface area contributed by atoms with Gasteiger partial charge in [0.1, 0.15) is 0 Å². The lowest BCUT2D eigenvalue weighted by atomic mass is 10.3. The third kappa shape index (κ3) is 2.00. The van der Waals surface area contributed by atoms with E-state index < -0.39 is 0 Å². The van der Waals surface area contributed by atoms with Crippen LogP contribution in [0.4, 0.5) is 0 Å². The number of amides is 1. The molecule has 1 fully saturated rings. The van der Waals surface area contributed by atoms with Crippen molar-refractivity contribution in [1.29, 1.82) is 0 Å². The molecule has 0 aliphatic heterocycles. The van der Waals surface area contributed by atoms with E-state index >= 15 is 0 Å². The van der Waals surface area contributed by atoms with E-state index in [4.69, 9.17) is 0 Å². The van der Waals surface area contributed by atoms with Gasteiger partial charge in [0.05, 0.1) is 5.29 Å². The van der Waals surface area contributed by atoms with Crippen molar-refractivity contribution < 1.29 is 4.79 Å². The first kappa shape index (κ1) is 8.17. The number of nitroso groups, excluding NO2 is 1. The minimum atomic E-state index is -0.0955. The molecular formula is C7H12N2O2. The van der Waals surface area contributed by atoms with Gasteiger partial charge in [-0.15, -0.1) is 4.91 Å². The molecule has 0 aromatic heterocycles. The standard InChI is InChI=1S/C7H12N2O2/c1-2-5-9(8-11)7(10)6-3-4-6/h6H,2-5H2,1H3. The third-order valence-electron chi connectivity index (χ3n) is 1.71. The van der Waals surface area contributed by atoms with Gasteiger partial charge < -0.3 is 0 Å². The molecule has 0 aromatic rings. The van der Waals surface area contributed by atoms with E-state index in [9.17, 15) is 9.70 Å². The van der Waals surface area contributed by atoms with Crippen LogP contribution in [0.1, 0.15) is 26.2 Å². The average molecular weight is 156 g/mol. The monoisotopic (exact) mass is 156 g/mol. The summed E-state index contributed by atoms with van der Waals surface area (Å²) < 4.78 is 0. The largest absolute Gasteiger partial charge is 0.273 e. The molecule has 4 heteroatoms. The molecule has 1 aliphatic rings. The molecule has 0 radical (unpaired) electrons. The van der Waals surface area contributed by atoms with Crippen molar-refractivity contribution in [3.8, 4) is 0 Å². The van der Waals surface area contributed by atoms with Crippen LogP contribution in [0.5, 0.6) is 0 Å². The van der Waals surface area contributed by atoms with Crippen molar-refractivity contribution in [3.63, 3.8) is 0 Å². The van der Waals surface area contributed by atoms with Gasteiger partial charge in [-0.25, -0.2) is 0 Å². The minimum absolute atomic E-state index is 0.0955. The highest BCUT2D eigenvalue weighted by Gasteiger charge is 2.33. The second-order valence-electron chi connectivity index (χ2n) is 2.82. The van der Waals surface area contributed by atoms with Gasteiger partial charge in [-0.3, -0.25) is 4.79 Å². The molecule has 1 aliphatic carbocycles. The molecule has 0 bridgehead atoms. The zero-order chi connectivity index (χ0) is 8.27. The van der Waals surface area contributed by atoms with Crippen molar-refractivity contribution in [2.24, 2.45) is 11.2 Å². The molecule has 0 saturated heterocycles. The van der Waals surface area contributed by atoms with Crippen LogP contribution in [0.25, 0.3) is 0 Å². The number of carbonyl (C=O) groups excluding carboxylic acids is 1. The van der Waals surface area contributed by atoms with Crippen molar-refractivity contribution in [1.82, 2.24) is 5.01 Å². The number of rotatable bonds is 4. The predicted molar refractivity (Wildman–Crippen MR) is 40.5 cm³/mol. The van der Waals surface area contributed by atoms with E-state index in [1.807, 2.05) is 6.92 Å². The van der Waals surface area contributed by atoms with Crippen LogP contribution in [-0.4, -0.2) is 17.5 Å². The lowest BCUT2D eigenvalue weighted by Gasteiger charge is -2.10. The van der Waals surface area contributed by atoms with Crippen molar-refractivity contribution >= 4 is 5.91 Å². The lowest BCUT2D eigenvalue weighted by Crippen LogP contribution is -2.27. The van der Waals surface area contributed by atoms with Crippen LogP contribution in [0.3, 0.4) is 0 Å². The Morgan fingerprint density at radius 1 is 1.64 bits per heavy atom. The summed E-state index contributed by atoms with van der Waals surface area (Å²) in [6, 6.07) is 0. The summed E-state index contributed by atoms with van der Waals surface area (Å²) in [7, 11) is 0. The molecular weight excluding hydrogens is 144 g/mol. The van der Waals surface area contributed by atoms with E-state index in [0.29, 0.717) is 6.54 Å². The molecule has 0 atom stereocenters. The van der Waals surface area contributed by atoms with Crippen LogP contribution >= 0.6 is 0 Å². The van der Waals surface area contributed by atoms with Crippen LogP contribution in [0.2, 0.25) is 0 Å². The van der Waals surface area contributed by atoms with Gasteiger partial charge in [-0.05, 0) is 19.3 Å². The fourth-order valence-electron chi connectivity index (χ4n) is 0.944. The van der Waals surface area contributed by atoms with Crippen LogP contribution in [-0.2, 0) is 4.79 Å². The Kier molecular flexibility index (Phi) is 2.57. The number of hydrogen-bond donors (Lipinski definition) is 0. The van der Waals surface area contributed by atoms with Crippen molar-refractivity contribution in [2.45, 2.75) is 26.2 Å². The summed E-state index contributed by atoms with van der Waals surface area (Å²) in [5.74, 6) is 0.00102.